The molecule has 0 aliphatic heterocycles. The summed E-state index contributed by atoms with van der Waals surface area (Å²) in [6.07, 6.45) is 0. The number of nitrogens with one attached hydrogen (secondary N) is 2. The first-order chi connectivity index (χ1) is 5.82. The van der Waals surface area contributed by atoms with Gasteiger partial charge in [-0.25, -0.2) is 4.79 Å². The third-order valence-electron chi connectivity index (χ3n) is 1.37. The van der Waals surface area contributed by atoms with Crippen molar-refractivity contribution >= 4 is 6.03 Å². The largest absolute Gasteiger partial charge is 0.472 e. The highest BCUT2D eigenvalue weighted by Gasteiger charge is 2.49. The summed E-state index contributed by atoms with van der Waals surface area (Å²) in [5, 5.41) is 12.4. The van der Waals surface area contributed by atoms with Crippen LogP contribution in [0.3, 0.4) is 0 Å². The summed E-state index contributed by atoms with van der Waals surface area (Å²) in [5.41, 5.74) is -0.145. The van der Waals surface area contributed by atoms with Crippen LogP contribution in [0.2, 0.25) is 0 Å². The van der Waals surface area contributed by atoms with Crippen molar-refractivity contribution in [3.05, 3.63) is 15.0 Å². The molecular weight excluding hydrogens is 180 g/mol. The Kier molecular flexibility index (Phi) is 3.28. The Labute approximate surface area is 74.0 Å². The van der Waals surface area contributed by atoms with Crippen molar-refractivity contribution in [1.29, 1.82) is 0 Å². The zero-order valence-electron chi connectivity index (χ0n) is 7.53. The number of nitroso groups, excluding NO2 is 1. The van der Waals surface area contributed by atoms with E-state index in [0.29, 0.717) is 0 Å². The number of carbonyl (C=O) groups excluding carboxylic acids is 1. The van der Waals surface area contributed by atoms with Crippen LogP contribution in [0.25, 0.3) is 0 Å². The van der Waals surface area contributed by atoms with Crippen molar-refractivity contribution in [3.63, 3.8) is 0 Å². The van der Waals surface area contributed by atoms with Gasteiger partial charge < -0.3 is 5.32 Å². The van der Waals surface area contributed by atoms with Crippen LogP contribution in [0.1, 0.15) is 13.8 Å². The molecule has 8 heteroatoms. The summed E-state index contributed by atoms with van der Waals surface area (Å²) in [5.74, 6) is 0. The maximum Gasteiger partial charge on any atom is 0.472 e. The number of hydrogen-bond donors (Lipinski definition) is 2. The molecular formula is C5H11N4O4+. The normalized spacial score (nSPS) is 10.4. The number of nitro groups is 1. The van der Waals surface area contributed by atoms with E-state index in [1.165, 1.54) is 7.05 Å². The molecule has 74 valence electrons. The molecule has 0 heterocycles. The fourth-order valence-electron chi connectivity index (χ4n) is 0.359. The minimum Gasteiger partial charge on any atom is -0.337 e. The highest BCUT2D eigenvalue weighted by molar-refractivity contribution is 5.71. The summed E-state index contributed by atoms with van der Waals surface area (Å²) in [7, 11) is 1.29. The van der Waals surface area contributed by atoms with Crippen molar-refractivity contribution in [3.8, 4) is 0 Å². The Morgan fingerprint density at radius 1 is 1.38 bits per heavy atom. The SMILES string of the molecule is CNC(=O)N[N+](=O)C(C)(C)[N+](=O)[O-]. The summed E-state index contributed by atoms with van der Waals surface area (Å²) in [6.45, 7) is 2.16. The Morgan fingerprint density at radius 3 is 2.15 bits per heavy atom. The molecule has 0 unspecified atom stereocenters. The van der Waals surface area contributed by atoms with Crippen LogP contribution >= 0.6 is 0 Å². The highest BCUT2D eigenvalue weighted by Crippen LogP contribution is 2.06. The van der Waals surface area contributed by atoms with E-state index in [0.717, 1.165) is 13.8 Å². The number of carbonyl (C=O) groups is 1. The van der Waals surface area contributed by atoms with Crippen LogP contribution in [0.4, 0.5) is 4.79 Å². The van der Waals surface area contributed by atoms with Crippen LogP contribution < -0.4 is 10.7 Å². The van der Waals surface area contributed by atoms with Crippen LogP contribution in [0.5, 0.6) is 0 Å². The molecule has 0 rings (SSSR count). The van der Waals surface area contributed by atoms with Gasteiger partial charge in [-0.1, -0.05) is 5.43 Å². The lowest BCUT2D eigenvalue weighted by molar-refractivity contribution is -0.834. The molecule has 0 radical (unpaired) electrons. The molecule has 0 aromatic carbocycles. The predicted octanol–water partition coefficient (Wildman–Crippen LogP) is -0.378. The summed E-state index contributed by atoms with van der Waals surface area (Å²) < 4.78 is 0. The number of hydrazine groups is 1. The number of rotatable bonds is 3. The van der Waals surface area contributed by atoms with Gasteiger partial charge in [0.2, 0.25) is 4.87 Å². The third-order valence-corrected chi connectivity index (χ3v) is 1.37. The van der Waals surface area contributed by atoms with Crippen molar-refractivity contribution in [2.24, 2.45) is 0 Å². The van der Waals surface area contributed by atoms with E-state index >= 15 is 0 Å². The van der Waals surface area contributed by atoms with Crippen LogP contribution in [-0.2, 0) is 0 Å². The van der Waals surface area contributed by atoms with E-state index < -0.39 is 16.6 Å². The van der Waals surface area contributed by atoms with Gasteiger partial charge in [-0.15, -0.1) is 0 Å². The van der Waals surface area contributed by atoms with Gasteiger partial charge in [-0.2, -0.15) is 0 Å². The number of hydrogen-bond acceptors (Lipinski definition) is 4. The predicted molar refractivity (Wildman–Crippen MR) is 42.3 cm³/mol. The van der Waals surface area contributed by atoms with E-state index in [4.69, 9.17) is 0 Å². The van der Waals surface area contributed by atoms with Gasteiger partial charge in [0.05, 0.1) is 23.7 Å². The first-order valence-corrected chi connectivity index (χ1v) is 3.42. The van der Waals surface area contributed by atoms with Gasteiger partial charge in [0.1, 0.15) is 0 Å². The van der Waals surface area contributed by atoms with Crippen molar-refractivity contribution in [2.75, 3.05) is 7.05 Å². The molecule has 0 aliphatic rings. The van der Waals surface area contributed by atoms with Gasteiger partial charge in [0, 0.05) is 7.05 Å². The molecule has 2 amide bonds. The Morgan fingerprint density at radius 2 is 1.85 bits per heavy atom. The molecule has 0 atom stereocenters. The fourth-order valence-corrected chi connectivity index (χ4v) is 0.359. The summed E-state index contributed by atoms with van der Waals surface area (Å²) >= 11 is 0. The van der Waals surface area contributed by atoms with Crippen LogP contribution in [0.15, 0.2) is 0 Å². The average molecular weight is 191 g/mol. The second-order valence-electron chi connectivity index (χ2n) is 2.74. The molecule has 0 saturated heterocycles. The van der Waals surface area contributed by atoms with Crippen molar-refractivity contribution in [1.82, 2.24) is 10.7 Å². The fraction of sp³-hybridized carbons (Fsp3) is 0.800. The molecule has 0 spiro atoms. The van der Waals surface area contributed by atoms with E-state index in [9.17, 15) is 19.8 Å². The molecule has 0 saturated carbocycles. The number of urea groups is 1. The smallest absolute Gasteiger partial charge is 0.337 e. The Balaban J connectivity index is 4.43. The lowest BCUT2D eigenvalue weighted by atomic mass is 10.3. The second-order valence-corrected chi connectivity index (χ2v) is 2.74. The molecule has 0 aromatic rings. The van der Waals surface area contributed by atoms with E-state index in [1.807, 2.05) is 0 Å². The summed E-state index contributed by atoms with van der Waals surface area (Å²) in [6, 6.07) is -0.801. The zero-order valence-corrected chi connectivity index (χ0v) is 7.53. The van der Waals surface area contributed by atoms with Crippen molar-refractivity contribution in [2.45, 2.75) is 19.5 Å². The van der Waals surface area contributed by atoms with Crippen molar-refractivity contribution < 1.29 is 14.6 Å². The Bertz CT molecular complexity index is 249. The third kappa shape index (κ3) is 2.65. The van der Waals surface area contributed by atoms with Gasteiger partial charge in [-0.05, 0) is 0 Å². The van der Waals surface area contributed by atoms with E-state index in [2.05, 4.69) is 5.32 Å². The lowest BCUT2D eigenvalue weighted by Crippen LogP contribution is -2.52. The van der Waals surface area contributed by atoms with E-state index in [1.54, 1.807) is 5.43 Å². The minimum atomic E-state index is -1.88. The molecule has 0 bridgehead atoms. The number of nitrogens with zero attached hydrogens (tertiary/aromatic N) is 2. The molecule has 0 fully saturated rings. The monoisotopic (exact) mass is 191 g/mol. The first kappa shape index (κ1) is 11.3. The van der Waals surface area contributed by atoms with Gasteiger partial charge in [-0.3, -0.25) is 10.1 Å². The lowest BCUT2D eigenvalue weighted by Gasteiger charge is -2.05. The van der Waals surface area contributed by atoms with Gasteiger partial charge in [0.25, 0.3) is 0 Å². The highest BCUT2D eigenvalue weighted by atomic mass is 16.6. The summed E-state index contributed by atoms with van der Waals surface area (Å²) in [4.78, 5) is 31.0. The van der Waals surface area contributed by atoms with Crippen LogP contribution in [-0.4, -0.2) is 28.5 Å². The minimum absolute atomic E-state index is 0.119. The zero-order chi connectivity index (χ0) is 10.6. The molecule has 2 N–H and O–H groups in total. The molecule has 13 heavy (non-hydrogen) atoms. The van der Waals surface area contributed by atoms with Gasteiger partial charge in [0.15, 0.2) is 0 Å². The van der Waals surface area contributed by atoms with Crippen LogP contribution in [0, 0.1) is 15.0 Å². The van der Waals surface area contributed by atoms with E-state index in [-0.39, 0.29) is 4.87 Å². The average Bonchev–Trinajstić information content (AvgIpc) is 2.03. The molecule has 0 aromatic heterocycles. The second kappa shape index (κ2) is 3.78. The first-order valence-electron chi connectivity index (χ1n) is 3.42. The standard InChI is InChI=1S/C5H10N4O4/c1-5(2,9(12)13)8(11)7-4(10)6-3/h1-3H3,(H-,6,7,10,11)/p+1. The maximum atomic E-state index is 11.0. The molecule has 0 aliphatic carbocycles. The topological polar surface area (TPSA) is 104 Å². The maximum absolute atomic E-state index is 11.0. The molecule has 8 nitrogen and oxygen atoms in total. The van der Waals surface area contributed by atoms with Gasteiger partial charge >= 0.3 is 11.7 Å². The quantitative estimate of drug-likeness (QED) is 0.274. The Hall–Kier alpha value is -1.73. The number of amides is 2.